The predicted octanol–water partition coefficient (Wildman–Crippen LogP) is 1.53. The monoisotopic (exact) mass is 214 g/mol. The number of nitrogens with one attached hydrogen (secondary N) is 2. The molecule has 0 bridgehead atoms. The summed E-state index contributed by atoms with van der Waals surface area (Å²) in [4.78, 5) is 0. The van der Waals surface area contributed by atoms with Crippen molar-refractivity contribution in [3.05, 3.63) is 0 Å². The average Bonchev–Trinajstić information content (AvgIpc) is 2.28. The fraction of sp³-hybridized carbons (Fsp3) is 1.00. The number of morpholine rings is 1. The molecule has 0 amide bonds. The second-order valence-electron chi connectivity index (χ2n) is 4.53. The standard InChI is InChI=1S/C12H26N2O/c1-3-4-5-6-11(2)14-9-12-10-15-8-7-13-12/h11-14H,3-10H2,1-2H3. The fourth-order valence-corrected chi connectivity index (χ4v) is 1.90. The zero-order valence-corrected chi connectivity index (χ0v) is 10.2. The van der Waals surface area contributed by atoms with E-state index in [1.54, 1.807) is 0 Å². The lowest BCUT2D eigenvalue weighted by molar-refractivity contribution is 0.0758. The van der Waals surface area contributed by atoms with Gasteiger partial charge in [0.15, 0.2) is 0 Å². The molecule has 0 aromatic heterocycles. The third-order valence-corrected chi connectivity index (χ3v) is 2.95. The largest absolute Gasteiger partial charge is 0.378 e. The number of ether oxygens (including phenoxy) is 1. The summed E-state index contributed by atoms with van der Waals surface area (Å²) >= 11 is 0. The Morgan fingerprint density at radius 3 is 3.00 bits per heavy atom. The summed E-state index contributed by atoms with van der Waals surface area (Å²) in [5, 5.41) is 7.02. The van der Waals surface area contributed by atoms with Crippen LogP contribution in [0.2, 0.25) is 0 Å². The maximum Gasteiger partial charge on any atom is 0.0632 e. The van der Waals surface area contributed by atoms with E-state index in [1.165, 1.54) is 25.7 Å². The Morgan fingerprint density at radius 2 is 2.33 bits per heavy atom. The fourth-order valence-electron chi connectivity index (χ4n) is 1.90. The van der Waals surface area contributed by atoms with E-state index in [2.05, 4.69) is 24.5 Å². The van der Waals surface area contributed by atoms with Crippen LogP contribution < -0.4 is 10.6 Å². The zero-order valence-electron chi connectivity index (χ0n) is 10.2. The molecule has 1 heterocycles. The Kier molecular flexibility index (Phi) is 6.98. The summed E-state index contributed by atoms with van der Waals surface area (Å²) in [6.07, 6.45) is 5.31. The zero-order chi connectivity index (χ0) is 10.9. The van der Waals surface area contributed by atoms with Gasteiger partial charge in [0, 0.05) is 25.2 Å². The lowest BCUT2D eigenvalue weighted by Gasteiger charge is -2.25. The van der Waals surface area contributed by atoms with E-state index in [0.29, 0.717) is 12.1 Å². The van der Waals surface area contributed by atoms with Crippen molar-refractivity contribution in [3.63, 3.8) is 0 Å². The number of rotatable bonds is 7. The molecule has 2 atom stereocenters. The first-order chi connectivity index (χ1) is 7.33. The van der Waals surface area contributed by atoms with Gasteiger partial charge in [0.05, 0.1) is 13.2 Å². The normalized spacial score (nSPS) is 24.0. The van der Waals surface area contributed by atoms with Crippen LogP contribution in [0.5, 0.6) is 0 Å². The van der Waals surface area contributed by atoms with Gasteiger partial charge in [-0.05, 0) is 13.3 Å². The van der Waals surface area contributed by atoms with Crippen molar-refractivity contribution in [2.45, 2.75) is 51.6 Å². The maximum atomic E-state index is 5.41. The molecule has 0 aromatic carbocycles. The quantitative estimate of drug-likeness (QED) is 0.631. The summed E-state index contributed by atoms with van der Waals surface area (Å²) in [6.45, 7) is 8.28. The van der Waals surface area contributed by atoms with Crippen molar-refractivity contribution in [1.82, 2.24) is 10.6 Å². The van der Waals surface area contributed by atoms with Gasteiger partial charge >= 0.3 is 0 Å². The molecule has 1 aliphatic rings. The van der Waals surface area contributed by atoms with E-state index < -0.39 is 0 Å². The third kappa shape index (κ3) is 6.13. The van der Waals surface area contributed by atoms with Crippen LogP contribution in [0.25, 0.3) is 0 Å². The summed E-state index contributed by atoms with van der Waals surface area (Å²) in [5.41, 5.74) is 0. The molecular formula is C12H26N2O. The molecule has 0 spiro atoms. The van der Waals surface area contributed by atoms with Gasteiger partial charge in [0.2, 0.25) is 0 Å². The Morgan fingerprint density at radius 1 is 1.47 bits per heavy atom. The summed E-state index contributed by atoms with van der Waals surface area (Å²) in [6, 6.07) is 1.15. The van der Waals surface area contributed by atoms with Gasteiger partial charge in [0.25, 0.3) is 0 Å². The SMILES string of the molecule is CCCCCC(C)NCC1COCCN1. The molecule has 3 heteroatoms. The van der Waals surface area contributed by atoms with E-state index in [1.807, 2.05) is 0 Å². The van der Waals surface area contributed by atoms with E-state index in [-0.39, 0.29) is 0 Å². The average molecular weight is 214 g/mol. The first-order valence-corrected chi connectivity index (χ1v) is 6.37. The van der Waals surface area contributed by atoms with Crippen molar-refractivity contribution in [3.8, 4) is 0 Å². The van der Waals surface area contributed by atoms with Crippen molar-refractivity contribution in [2.75, 3.05) is 26.3 Å². The topological polar surface area (TPSA) is 33.3 Å². The molecule has 1 aliphatic heterocycles. The van der Waals surface area contributed by atoms with Crippen molar-refractivity contribution in [1.29, 1.82) is 0 Å². The number of unbranched alkanes of at least 4 members (excludes halogenated alkanes) is 2. The molecule has 90 valence electrons. The van der Waals surface area contributed by atoms with Crippen LogP contribution in [-0.4, -0.2) is 38.4 Å². The molecule has 0 saturated carbocycles. The Labute approximate surface area is 94.0 Å². The minimum absolute atomic E-state index is 0.507. The van der Waals surface area contributed by atoms with Crippen LogP contribution >= 0.6 is 0 Å². The molecular weight excluding hydrogens is 188 g/mol. The smallest absolute Gasteiger partial charge is 0.0632 e. The maximum absolute atomic E-state index is 5.41. The van der Waals surface area contributed by atoms with Crippen molar-refractivity contribution >= 4 is 0 Å². The molecule has 1 fully saturated rings. The lowest BCUT2D eigenvalue weighted by Crippen LogP contribution is -2.48. The summed E-state index contributed by atoms with van der Waals surface area (Å²) in [5.74, 6) is 0. The third-order valence-electron chi connectivity index (χ3n) is 2.95. The Hall–Kier alpha value is -0.120. The summed E-state index contributed by atoms with van der Waals surface area (Å²) in [7, 11) is 0. The van der Waals surface area contributed by atoms with Crippen LogP contribution in [0.4, 0.5) is 0 Å². The molecule has 0 aromatic rings. The lowest BCUT2D eigenvalue weighted by atomic mass is 10.1. The van der Waals surface area contributed by atoms with Crippen molar-refractivity contribution < 1.29 is 4.74 Å². The molecule has 1 rings (SSSR count). The highest BCUT2D eigenvalue weighted by Crippen LogP contribution is 2.03. The van der Waals surface area contributed by atoms with Crippen LogP contribution in [-0.2, 0) is 4.74 Å². The minimum Gasteiger partial charge on any atom is -0.378 e. The predicted molar refractivity (Wildman–Crippen MR) is 64.2 cm³/mol. The highest BCUT2D eigenvalue weighted by Gasteiger charge is 2.13. The van der Waals surface area contributed by atoms with Crippen LogP contribution in [0.3, 0.4) is 0 Å². The van der Waals surface area contributed by atoms with Gasteiger partial charge in [0.1, 0.15) is 0 Å². The van der Waals surface area contributed by atoms with Gasteiger partial charge in [-0.3, -0.25) is 0 Å². The van der Waals surface area contributed by atoms with Crippen LogP contribution in [0, 0.1) is 0 Å². The van der Waals surface area contributed by atoms with Crippen LogP contribution in [0.1, 0.15) is 39.5 Å². The first kappa shape index (κ1) is 12.9. The van der Waals surface area contributed by atoms with Gasteiger partial charge in [-0.1, -0.05) is 26.2 Å². The second-order valence-corrected chi connectivity index (χ2v) is 4.53. The molecule has 15 heavy (non-hydrogen) atoms. The van der Waals surface area contributed by atoms with Gasteiger partial charge < -0.3 is 15.4 Å². The minimum atomic E-state index is 0.507. The van der Waals surface area contributed by atoms with Crippen molar-refractivity contribution in [2.24, 2.45) is 0 Å². The van der Waals surface area contributed by atoms with Gasteiger partial charge in [-0.15, -0.1) is 0 Å². The Balaban J connectivity index is 1.97. The number of hydrogen-bond donors (Lipinski definition) is 2. The molecule has 0 radical (unpaired) electrons. The molecule has 3 nitrogen and oxygen atoms in total. The highest BCUT2D eigenvalue weighted by atomic mass is 16.5. The first-order valence-electron chi connectivity index (χ1n) is 6.37. The second kappa shape index (κ2) is 8.08. The summed E-state index contributed by atoms with van der Waals surface area (Å²) < 4.78 is 5.41. The molecule has 2 N–H and O–H groups in total. The van der Waals surface area contributed by atoms with Gasteiger partial charge in [-0.25, -0.2) is 0 Å². The molecule has 1 saturated heterocycles. The van der Waals surface area contributed by atoms with Crippen LogP contribution in [0.15, 0.2) is 0 Å². The highest BCUT2D eigenvalue weighted by molar-refractivity contribution is 4.74. The van der Waals surface area contributed by atoms with E-state index in [0.717, 1.165) is 26.3 Å². The van der Waals surface area contributed by atoms with E-state index in [4.69, 9.17) is 4.74 Å². The Bertz CT molecular complexity index is 147. The van der Waals surface area contributed by atoms with E-state index >= 15 is 0 Å². The molecule has 0 aliphatic carbocycles. The number of hydrogen-bond acceptors (Lipinski definition) is 3. The van der Waals surface area contributed by atoms with E-state index in [9.17, 15) is 0 Å². The molecule has 2 unspecified atom stereocenters. The van der Waals surface area contributed by atoms with Gasteiger partial charge in [-0.2, -0.15) is 0 Å².